The number of aryl methyl sites for hydroxylation is 1. The lowest BCUT2D eigenvalue weighted by molar-refractivity contribution is 0.328. The number of benzene rings is 2. The highest BCUT2D eigenvalue weighted by Gasteiger charge is 2.17. The molecule has 0 atom stereocenters. The van der Waals surface area contributed by atoms with Crippen LogP contribution in [0.4, 0.5) is 0 Å². The summed E-state index contributed by atoms with van der Waals surface area (Å²) in [6, 6.07) is 14.8. The zero-order valence-corrected chi connectivity index (χ0v) is 15.9. The number of aromatic nitrogens is 2. The Morgan fingerprint density at radius 1 is 1.17 bits per heavy atom. The van der Waals surface area contributed by atoms with Crippen LogP contribution in [0.15, 0.2) is 65.8 Å². The first-order valence-corrected chi connectivity index (χ1v) is 9.71. The molecule has 0 amide bonds. The molecule has 24 heavy (non-hydrogen) atoms. The smallest absolute Gasteiger partial charge is 0.282 e. The predicted molar refractivity (Wildman–Crippen MR) is 99.5 cm³/mol. The number of rotatable bonds is 2. The maximum Gasteiger partial charge on any atom is 0.282 e. The minimum atomic E-state index is -3.53. The molecule has 2 bridgehead atoms. The van der Waals surface area contributed by atoms with Gasteiger partial charge in [0.15, 0.2) is 0 Å². The van der Waals surface area contributed by atoms with Crippen LogP contribution in [-0.2, 0) is 16.6 Å². The highest BCUT2D eigenvalue weighted by atomic mass is 127. The van der Waals surface area contributed by atoms with Crippen LogP contribution in [-0.4, -0.2) is 17.6 Å². The molecule has 2 heterocycles. The lowest BCUT2D eigenvalue weighted by Gasteiger charge is -2.03. The molecular weight excluding hydrogens is 439 g/mol. The lowest BCUT2D eigenvalue weighted by Crippen LogP contribution is -2.13. The van der Waals surface area contributed by atoms with Crippen molar-refractivity contribution in [2.75, 3.05) is 0 Å². The summed E-state index contributed by atoms with van der Waals surface area (Å²) in [5, 5.41) is 3.81. The van der Waals surface area contributed by atoms with Crippen molar-refractivity contribution < 1.29 is 13.2 Å². The molecule has 0 N–H and O–H groups in total. The molecule has 1 aromatic heterocycles. The van der Waals surface area contributed by atoms with Gasteiger partial charge in [0.25, 0.3) is 10.0 Å². The second-order valence-corrected chi connectivity index (χ2v) is 8.33. The summed E-state index contributed by atoms with van der Waals surface area (Å²) in [5.41, 5.74) is 2.30. The third-order valence-electron chi connectivity index (χ3n) is 3.40. The van der Waals surface area contributed by atoms with Gasteiger partial charge in [0, 0.05) is 0 Å². The fourth-order valence-corrected chi connectivity index (χ4v) is 3.82. The third-order valence-corrected chi connectivity index (χ3v) is 5.51. The average Bonchev–Trinajstić information content (AvgIpc) is 3.14. The molecule has 5 nitrogen and oxygen atoms in total. The van der Waals surface area contributed by atoms with Gasteiger partial charge in [-0.2, -0.15) is 17.6 Å². The first-order chi connectivity index (χ1) is 11.4. The molecule has 0 saturated carbocycles. The summed E-state index contributed by atoms with van der Waals surface area (Å²) in [6.45, 7) is 2.68. The first-order valence-electron chi connectivity index (χ1n) is 7.19. The number of hydrogen-bond donors (Lipinski definition) is 0. The van der Waals surface area contributed by atoms with Crippen molar-refractivity contribution in [2.24, 2.45) is 0 Å². The average molecular weight is 454 g/mol. The minimum absolute atomic E-state index is 0.248. The zero-order chi connectivity index (χ0) is 17.2. The van der Waals surface area contributed by atoms with Crippen LogP contribution in [0.2, 0.25) is 0 Å². The quantitative estimate of drug-likeness (QED) is 0.556. The van der Waals surface area contributed by atoms with Gasteiger partial charge in [0.1, 0.15) is 12.4 Å². The monoisotopic (exact) mass is 454 g/mol. The normalized spacial score (nSPS) is 12.2. The predicted octanol–water partition coefficient (Wildman–Crippen LogP) is 3.61. The van der Waals surface area contributed by atoms with Crippen LogP contribution in [0, 0.1) is 10.5 Å². The Hall–Kier alpha value is -1.87. The molecule has 0 radical (unpaired) electrons. The van der Waals surface area contributed by atoms with Crippen LogP contribution in [0.25, 0.3) is 0 Å². The highest BCUT2D eigenvalue weighted by molar-refractivity contribution is 14.1. The van der Waals surface area contributed by atoms with E-state index in [0.29, 0.717) is 0 Å². The van der Waals surface area contributed by atoms with Gasteiger partial charge in [-0.3, -0.25) is 0 Å². The summed E-state index contributed by atoms with van der Waals surface area (Å²) in [6.07, 6.45) is 2.99. The Kier molecular flexibility index (Phi) is 4.91. The van der Waals surface area contributed by atoms with E-state index in [9.17, 15) is 8.42 Å². The van der Waals surface area contributed by atoms with E-state index in [-0.39, 0.29) is 4.90 Å². The molecule has 1 aliphatic heterocycles. The van der Waals surface area contributed by atoms with Gasteiger partial charge < -0.3 is 4.74 Å². The Morgan fingerprint density at radius 3 is 2.50 bits per heavy atom. The molecule has 1 aliphatic rings. The van der Waals surface area contributed by atoms with Crippen LogP contribution >= 0.6 is 22.6 Å². The van der Waals surface area contributed by atoms with E-state index < -0.39 is 10.0 Å². The van der Waals surface area contributed by atoms with E-state index in [0.717, 1.165) is 25.6 Å². The summed E-state index contributed by atoms with van der Waals surface area (Å²) in [7, 11) is -3.53. The number of hydrogen-bond acceptors (Lipinski definition) is 4. The fourth-order valence-electron chi connectivity index (χ4n) is 2.13. The van der Waals surface area contributed by atoms with Crippen LogP contribution in [0.5, 0.6) is 5.75 Å². The van der Waals surface area contributed by atoms with Gasteiger partial charge in [-0.25, -0.2) is 0 Å². The first kappa shape index (κ1) is 17.0. The van der Waals surface area contributed by atoms with Gasteiger partial charge in [0.05, 0.1) is 20.9 Å². The summed E-state index contributed by atoms with van der Waals surface area (Å²) < 4.78 is 31.1. The van der Waals surface area contributed by atoms with Gasteiger partial charge in [-0.15, -0.1) is 0 Å². The molecule has 0 fully saturated rings. The van der Waals surface area contributed by atoms with E-state index in [4.69, 9.17) is 4.74 Å². The third kappa shape index (κ3) is 3.78. The summed E-state index contributed by atoms with van der Waals surface area (Å²) >= 11 is 2.02. The minimum Gasteiger partial charge on any atom is -0.489 e. The number of nitrogens with zero attached hydrogens (tertiary/aromatic N) is 2. The molecule has 2 aromatic carbocycles. The Bertz CT molecular complexity index is 931. The van der Waals surface area contributed by atoms with E-state index in [1.54, 1.807) is 24.3 Å². The Balaban J connectivity index is 0.000000175. The number of fused-ring (bicyclic) bond motifs is 2. The van der Waals surface area contributed by atoms with Crippen LogP contribution in [0.3, 0.4) is 0 Å². The topological polar surface area (TPSA) is 61.2 Å². The van der Waals surface area contributed by atoms with Crippen LogP contribution in [0.1, 0.15) is 11.1 Å². The van der Waals surface area contributed by atoms with E-state index in [1.165, 1.54) is 18.0 Å². The number of halogens is 1. The molecule has 0 saturated heterocycles. The molecule has 0 aliphatic carbocycles. The maximum atomic E-state index is 12.1. The fraction of sp³-hybridized carbons (Fsp3) is 0.118. The summed E-state index contributed by atoms with van der Waals surface area (Å²) in [5.74, 6) is 1.00. The molecule has 3 aromatic rings. The molecule has 124 valence electrons. The molecule has 0 spiro atoms. The largest absolute Gasteiger partial charge is 0.489 e. The second kappa shape index (κ2) is 6.94. The standard InChI is InChI=1S/C10H9IN2O2S.C7H6O/c1-8-2-4-10(5-3-8)16(14,15)13-7-9(11)6-12-13;1-2-6-4-7(3-1)8-5-6/h2-7H,1H3;1-4H,5H2. The maximum absolute atomic E-state index is 12.1. The van der Waals surface area contributed by atoms with Crippen molar-refractivity contribution in [2.45, 2.75) is 18.4 Å². The van der Waals surface area contributed by atoms with Crippen molar-refractivity contribution in [3.8, 4) is 5.75 Å². The summed E-state index contributed by atoms with van der Waals surface area (Å²) in [4.78, 5) is 0.248. The van der Waals surface area contributed by atoms with E-state index in [1.807, 2.05) is 41.6 Å². The number of ether oxygens (including phenoxy) is 1. The zero-order valence-electron chi connectivity index (χ0n) is 12.9. The molecular formula is C17H15IN2O3S. The Labute approximate surface area is 154 Å². The van der Waals surface area contributed by atoms with Crippen molar-refractivity contribution in [3.05, 3.63) is 75.6 Å². The molecule has 0 unspecified atom stereocenters. The van der Waals surface area contributed by atoms with Gasteiger partial charge in [0.2, 0.25) is 0 Å². The van der Waals surface area contributed by atoms with Crippen molar-refractivity contribution >= 4 is 32.6 Å². The molecule has 7 heteroatoms. The van der Waals surface area contributed by atoms with Gasteiger partial charge in [-0.05, 0) is 59.3 Å². The highest BCUT2D eigenvalue weighted by Crippen LogP contribution is 2.20. The van der Waals surface area contributed by atoms with Crippen molar-refractivity contribution in [1.29, 1.82) is 0 Å². The van der Waals surface area contributed by atoms with E-state index in [2.05, 4.69) is 17.2 Å². The van der Waals surface area contributed by atoms with Gasteiger partial charge >= 0.3 is 0 Å². The molecule has 4 rings (SSSR count). The SMILES string of the molecule is Cc1ccc(S(=O)(=O)n2cc(I)cn2)cc1.c1cc2cc(c1)OC2. The van der Waals surface area contributed by atoms with Crippen molar-refractivity contribution in [3.63, 3.8) is 0 Å². The Morgan fingerprint density at radius 2 is 1.92 bits per heavy atom. The van der Waals surface area contributed by atoms with Crippen LogP contribution < -0.4 is 4.74 Å². The van der Waals surface area contributed by atoms with Gasteiger partial charge in [-0.1, -0.05) is 29.8 Å². The second-order valence-electron chi connectivity index (χ2n) is 5.29. The van der Waals surface area contributed by atoms with E-state index >= 15 is 0 Å². The lowest BCUT2D eigenvalue weighted by atomic mass is 10.2. The van der Waals surface area contributed by atoms with Crippen molar-refractivity contribution in [1.82, 2.24) is 9.19 Å².